The molecule has 0 amide bonds. The largest absolute Gasteiger partial charge is 0.375 e. The first-order valence-electron chi connectivity index (χ1n) is 6.38. The number of halogens is 2. The van der Waals surface area contributed by atoms with Crippen LogP contribution in [0.15, 0.2) is 0 Å². The first kappa shape index (κ1) is 13.8. The van der Waals surface area contributed by atoms with Gasteiger partial charge in [0.05, 0.1) is 0 Å². The monoisotopic (exact) mass is 235 g/mol. The molecule has 4 heteroatoms. The quantitative estimate of drug-likeness (QED) is 0.541. The molecule has 0 atom stereocenters. The second-order valence-corrected chi connectivity index (χ2v) is 4.46. The second-order valence-electron chi connectivity index (χ2n) is 4.46. The van der Waals surface area contributed by atoms with Crippen LogP contribution in [0.1, 0.15) is 44.9 Å². The van der Waals surface area contributed by atoms with E-state index in [9.17, 15) is 8.78 Å². The maximum absolute atomic E-state index is 11.7. The molecule has 96 valence electrons. The molecule has 0 unspecified atom stereocenters. The molecular weight excluding hydrogens is 212 g/mol. The Labute approximate surface area is 96.7 Å². The van der Waals surface area contributed by atoms with Crippen LogP contribution in [0.25, 0.3) is 0 Å². The van der Waals surface area contributed by atoms with Crippen molar-refractivity contribution in [3.63, 3.8) is 0 Å². The third kappa shape index (κ3) is 7.12. The lowest BCUT2D eigenvalue weighted by molar-refractivity contribution is 0.0166. The summed E-state index contributed by atoms with van der Waals surface area (Å²) in [7, 11) is 0. The maximum atomic E-state index is 11.7. The molecule has 0 saturated heterocycles. The molecule has 0 bridgehead atoms. The number of alkyl halides is 2. The van der Waals surface area contributed by atoms with Crippen LogP contribution >= 0.6 is 0 Å². The van der Waals surface area contributed by atoms with Gasteiger partial charge >= 0.3 is 0 Å². The normalized spacial score (nSPS) is 18.9. The first-order valence-corrected chi connectivity index (χ1v) is 6.38. The molecule has 16 heavy (non-hydrogen) atoms. The molecule has 0 aromatic heterocycles. The van der Waals surface area contributed by atoms with E-state index in [2.05, 4.69) is 5.32 Å². The highest BCUT2D eigenvalue weighted by Crippen LogP contribution is 2.16. The van der Waals surface area contributed by atoms with Gasteiger partial charge in [-0.2, -0.15) is 0 Å². The van der Waals surface area contributed by atoms with Gasteiger partial charge in [-0.15, -0.1) is 0 Å². The minimum Gasteiger partial charge on any atom is -0.375 e. The molecular formula is C12H23F2NO. The highest BCUT2D eigenvalue weighted by Gasteiger charge is 2.10. The van der Waals surface area contributed by atoms with Crippen molar-refractivity contribution in [2.24, 2.45) is 0 Å². The van der Waals surface area contributed by atoms with E-state index < -0.39 is 13.0 Å². The van der Waals surface area contributed by atoms with Crippen LogP contribution in [0.4, 0.5) is 8.78 Å². The Hall–Kier alpha value is -0.220. The van der Waals surface area contributed by atoms with Crippen LogP contribution in [0.3, 0.4) is 0 Å². The molecule has 1 fully saturated rings. The Bertz CT molecular complexity index is 159. The van der Waals surface area contributed by atoms with E-state index in [0.717, 1.165) is 13.0 Å². The van der Waals surface area contributed by atoms with Crippen LogP contribution in [-0.2, 0) is 4.74 Å². The fourth-order valence-corrected chi connectivity index (χ4v) is 2.14. The molecule has 0 spiro atoms. The predicted molar refractivity (Wildman–Crippen MR) is 60.9 cm³/mol. The Morgan fingerprint density at radius 2 is 1.81 bits per heavy atom. The lowest BCUT2D eigenvalue weighted by Gasteiger charge is -2.15. The lowest BCUT2D eigenvalue weighted by atomic mass is 10.1. The van der Waals surface area contributed by atoms with Gasteiger partial charge in [-0.25, -0.2) is 8.78 Å². The van der Waals surface area contributed by atoms with Gasteiger partial charge in [-0.1, -0.05) is 25.7 Å². The molecule has 1 N–H and O–H groups in total. The van der Waals surface area contributed by atoms with Crippen molar-refractivity contribution >= 4 is 0 Å². The van der Waals surface area contributed by atoms with Crippen LogP contribution in [-0.4, -0.2) is 32.2 Å². The zero-order chi connectivity index (χ0) is 11.6. The predicted octanol–water partition coefficient (Wildman–Crippen LogP) is 2.97. The minimum absolute atomic E-state index is 0.427. The van der Waals surface area contributed by atoms with Gasteiger partial charge in [0, 0.05) is 12.6 Å². The lowest BCUT2D eigenvalue weighted by Crippen LogP contribution is -2.30. The van der Waals surface area contributed by atoms with E-state index in [-0.39, 0.29) is 0 Å². The summed E-state index contributed by atoms with van der Waals surface area (Å²) in [5.74, 6) is 0. The van der Waals surface area contributed by atoms with Gasteiger partial charge in [0.15, 0.2) is 0 Å². The van der Waals surface area contributed by atoms with E-state index in [1.807, 2.05) is 0 Å². The maximum Gasteiger partial charge on any atom is 0.261 e. The van der Waals surface area contributed by atoms with Crippen molar-refractivity contribution in [1.82, 2.24) is 5.32 Å². The fraction of sp³-hybridized carbons (Fsp3) is 1.00. The van der Waals surface area contributed by atoms with Crippen molar-refractivity contribution in [1.29, 1.82) is 0 Å². The van der Waals surface area contributed by atoms with Crippen molar-refractivity contribution in [3.05, 3.63) is 0 Å². The van der Waals surface area contributed by atoms with Gasteiger partial charge in [0.2, 0.25) is 0 Å². The minimum atomic E-state index is -2.34. The molecule has 1 saturated carbocycles. The number of nitrogens with one attached hydrogen (secondary N) is 1. The summed E-state index contributed by atoms with van der Waals surface area (Å²) in [6, 6.07) is 0.637. The highest BCUT2D eigenvalue weighted by molar-refractivity contribution is 4.70. The van der Waals surface area contributed by atoms with Crippen molar-refractivity contribution in [2.45, 2.75) is 57.4 Å². The summed E-state index contributed by atoms with van der Waals surface area (Å²) in [5, 5.41) is 3.48. The summed E-state index contributed by atoms with van der Waals surface area (Å²) in [5.41, 5.74) is 0. The Morgan fingerprint density at radius 1 is 1.12 bits per heavy atom. The number of hydrogen-bond donors (Lipinski definition) is 1. The Kier molecular flexibility index (Phi) is 7.68. The smallest absolute Gasteiger partial charge is 0.261 e. The van der Waals surface area contributed by atoms with E-state index in [0.29, 0.717) is 12.6 Å². The molecule has 1 aliphatic rings. The Morgan fingerprint density at radius 3 is 2.44 bits per heavy atom. The van der Waals surface area contributed by atoms with Gasteiger partial charge < -0.3 is 10.1 Å². The summed E-state index contributed by atoms with van der Waals surface area (Å²) < 4.78 is 28.3. The third-order valence-electron chi connectivity index (χ3n) is 3.00. The summed E-state index contributed by atoms with van der Waals surface area (Å²) in [4.78, 5) is 0. The summed E-state index contributed by atoms with van der Waals surface area (Å²) >= 11 is 0. The first-order chi connectivity index (χ1) is 7.79. The fourth-order valence-electron chi connectivity index (χ4n) is 2.14. The number of hydrogen-bond acceptors (Lipinski definition) is 2. The van der Waals surface area contributed by atoms with Gasteiger partial charge in [0.1, 0.15) is 6.61 Å². The zero-order valence-corrected chi connectivity index (χ0v) is 9.89. The van der Waals surface area contributed by atoms with Gasteiger partial charge in [-0.05, 0) is 25.8 Å². The molecule has 0 aromatic rings. The van der Waals surface area contributed by atoms with Crippen LogP contribution < -0.4 is 5.32 Å². The highest BCUT2D eigenvalue weighted by atomic mass is 19.3. The molecule has 0 aromatic carbocycles. The van der Waals surface area contributed by atoms with Gasteiger partial charge in [-0.3, -0.25) is 0 Å². The van der Waals surface area contributed by atoms with Crippen molar-refractivity contribution in [3.8, 4) is 0 Å². The van der Waals surface area contributed by atoms with Crippen LogP contribution in [0.5, 0.6) is 0 Å². The van der Waals surface area contributed by atoms with E-state index >= 15 is 0 Å². The molecule has 0 aliphatic heterocycles. The Balaban J connectivity index is 1.89. The average molecular weight is 235 g/mol. The summed E-state index contributed by atoms with van der Waals surface area (Å²) in [6.07, 6.45) is 6.36. The second kappa shape index (κ2) is 8.88. The number of rotatable bonds is 7. The number of ether oxygens (including phenoxy) is 1. The molecule has 0 radical (unpaired) electrons. The SMILES string of the molecule is FC(F)COCCCNC1CCCCCC1. The van der Waals surface area contributed by atoms with E-state index in [1.54, 1.807) is 0 Å². The molecule has 1 rings (SSSR count). The topological polar surface area (TPSA) is 21.3 Å². The van der Waals surface area contributed by atoms with E-state index in [4.69, 9.17) is 4.74 Å². The summed E-state index contributed by atoms with van der Waals surface area (Å²) in [6.45, 7) is 0.890. The molecule has 2 nitrogen and oxygen atoms in total. The molecule has 1 aliphatic carbocycles. The van der Waals surface area contributed by atoms with Crippen molar-refractivity contribution < 1.29 is 13.5 Å². The third-order valence-corrected chi connectivity index (χ3v) is 3.00. The van der Waals surface area contributed by atoms with Crippen LogP contribution in [0.2, 0.25) is 0 Å². The standard InChI is InChI=1S/C12H23F2NO/c13-12(14)10-16-9-5-8-15-11-6-3-1-2-4-7-11/h11-12,15H,1-10H2. The van der Waals surface area contributed by atoms with Crippen LogP contribution in [0, 0.1) is 0 Å². The van der Waals surface area contributed by atoms with Crippen molar-refractivity contribution in [2.75, 3.05) is 19.8 Å². The van der Waals surface area contributed by atoms with E-state index in [1.165, 1.54) is 38.5 Å². The zero-order valence-electron chi connectivity index (χ0n) is 9.89. The van der Waals surface area contributed by atoms with Gasteiger partial charge in [0.25, 0.3) is 6.43 Å². The molecule has 0 heterocycles. The average Bonchev–Trinajstić information content (AvgIpc) is 2.51.